The quantitative estimate of drug-likeness (QED) is 0.0548. The Morgan fingerprint density at radius 1 is 0.558 bits per heavy atom. The van der Waals surface area contributed by atoms with Gasteiger partial charge in [-0.25, -0.2) is 0 Å². The van der Waals surface area contributed by atoms with Gasteiger partial charge in [-0.15, -0.1) is 0 Å². The lowest BCUT2D eigenvalue weighted by molar-refractivity contribution is -0.122. The highest BCUT2D eigenvalue weighted by molar-refractivity contribution is 5.76. The number of rotatable bonds is 31. The van der Waals surface area contributed by atoms with E-state index in [0.717, 1.165) is 44.9 Å². The molecule has 0 saturated heterocycles. The van der Waals surface area contributed by atoms with E-state index in [0.29, 0.717) is 6.42 Å². The SMILES string of the molecule is CCCCCCCCC/C=C/C/C=C/C/C=C/C/C=C/CCCC(=O)N[C@@H](CO)[C@H](O)/C=C/CCCCCCCCCC. The van der Waals surface area contributed by atoms with Crippen molar-refractivity contribution in [3.63, 3.8) is 0 Å². The molecule has 43 heavy (non-hydrogen) atoms. The number of aliphatic hydroxyl groups is 2. The molecule has 0 bridgehead atoms. The van der Waals surface area contributed by atoms with E-state index >= 15 is 0 Å². The lowest BCUT2D eigenvalue weighted by Crippen LogP contribution is -2.45. The van der Waals surface area contributed by atoms with Crippen molar-refractivity contribution in [2.75, 3.05) is 6.61 Å². The van der Waals surface area contributed by atoms with Crippen LogP contribution >= 0.6 is 0 Å². The van der Waals surface area contributed by atoms with Crippen LogP contribution in [-0.2, 0) is 4.79 Å². The number of aliphatic hydroxyl groups excluding tert-OH is 2. The molecule has 0 aliphatic carbocycles. The van der Waals surface area contributed by atoms with Gasteiger partial charge in [-0.2, -0.15) is 0 Å². The van der Waals surface area contributed by atoms with Gasteiger partial charge in [0.2, 0.25) is 5.91 Å². The Hall–Kier alpha value is -1.91. The Morgan fingerprint density at radius 2 is 0.953 bits per heavy atom. The minimum Gasteiger partial charge on any atom is -0.394 e. The summed E-state index contributed by atoms with van der Waals surface area (Å²) in [6.45, 7) is 4.24. The lowest BCUT2D eigenvalue weighted by atomic mass is 10.1. The predicted octanol–water partition coefficient (Wildman–Crippen LogP) is 10.6. The highest BCUT2D eigenvalue weighted by Gasteiger charge is 2.17. The van der Waals surface area contributed by atoms with Gasteiger partial charge in [-0.1, -0.05) is 158 Å². The second-order valence-electron chi connectivity index (χ2n) is 11.9. The van der Waals surface area contributed by atoms with Crippen molar-refractivity contribution in [3.05, 3.63) is 60.8 Å². The number of hydrogen-bond acceptors (Lipinski definition) is 3. The summed E-state index contributed by atoms with van der Waals surface area (Å²) < 4.78 is 0. The van der Waals surface area contributed by atoms with Crippen LogP contribution in [0.1, 0.15) is 162 Å². The van der Waals surface area contributed by atoms with Gasteiger partial charge < -0.3 is 15.5 Å². The molecule has 1 amide bonds. The average Bonchev–Trinajstić information content (AvgIpc) is 3.01. The number of hydrogen-bond donors (Lipinski definition) is 3. The molecule has 4 heteroatoms. The van der Waals surface area contributed by atoms with E-state index in [1.807, 2.05) is 6.08 Å². The molecule has 0 heterocycles. The summed E-state index contributed by atoms with van der Waals surface area (Å²) in [5.74, 6) is -0.123. The Kier molecular flexibility index (Phi) is 33.0. The number of carbonyl (C=O) groups is 1. The summed E-state index contributed by atoms with van der Waals surface area (Å²) in [6, 6.07) is -0.650. The second kappa shape index (κ2) is 34.6. The zero-order valence-corrected chi connectivity index (χ0v) is 28.2. The van der Waals surface area contributed by atoms with Crippen LogP contribution in [0.5, 0.6) is 0 Å². The Labute approximate surface area is 266 Å². The standard InChI is InChI=1S/C39H69NO3/c1-3-5-7-9-11-13-15-16-17-18-19-20-21-22-23-24-25-27-29-31-33-35-39(43)40-37(36-41)38(42)34-32-30-28-26-14-12-10-8-6-4-2/h17-18,20-21,23-24,27,29,32,34,37-38,41-42H,3-16,19,22,25-26,28,30-31,33,35-36H2,1-2H3,(H,40,43)/b18-17+,21-20+,24-23+,29-27+,34-32+/t37-,38+/m0/s1. The van der Waals surface area contributed by atoms with Crippen LogP contribution in [0.15, 0.2) is 60.8 Å². The molecule has 0 radical (unpaired) electrons. The smallest absolute Gasteiger partial charge is 0.220 e. The normalized spacial score (nSPS) is 13.9. The van der Waals surface area contributed by atoms with Crippen molar-refractivity contribution in [2.24, 2.45) is 0 Å². The first kappa shape index (κ1) is 41.1. The van der Waals surface area contributed by atoms with Crippen LogP contribution in [0.3, 0.4) is 0 Å². The van der Waals surface area contributed by atoms with E-state index in [-0.39, 0.29) is 12.5 Å². The monoisotopic (exact) mass is 600 g/mol. The maximum Gasteiger partial charge on any atom is 0.220 e. The third-order valence-corrected chi connectivity index (χ3v) is 7.75. The lowest BCUT2D eigenvalue weighted by Gasteiger charge is -2.19. The van der Waals surface area contributed by atoms with Gasteiger partial charge in [-0.05, 0) is 57.8 Å². The molecule has 0 aliphatic heterocycles. The molecular formula is C39H69NO3. The molecular weight excluding hydrogens is 530 g/mol. The van der Waals surface area contributed by atoms with Gasteiger partial charge in [0.1, 0.15) is 0 Å². The first-order valence-electron chi connectivity index (χ1n) is 18.0. The van der Waals surface area contributed by atoms with Gasteiger partial charge >= 0.3 is 0 Å². The van der Waals surface area contributed by atoms with Crippen molar-refractivity contribution in [2.45, 2.75) is 174 Å². The minimum absolute atomic E-state index is 0.123. The summed E-state index contributed by atoms with van der Waals surface area (Å²) in [5, 5.41) is 22.7. The first-order chi connectivity index (χ1) is 21.2. The molecule has 0 fully saturated rings. The summed E-state index contributed by atoms with van der Waals surface area (Å²) in [7, 11) is 0. The minimum atomic E-state index is -0.860. The third kappa shape index (κ3) is 31.3. The molecule has 0 spiro atoms. The zero-order chi connectivity index (χ0) is 31.5. The van der Waals surface area contributed by atoms with Gasteiger partial charge in [0.05, 0.1) is 18.8 Å². The molecule has 0 aromatic heterocycles. The number of carbonyl (C=O) groups excluding carboxylic acids is 1. The van der Waals surface area contributed by atoms with Crippen molar-refractivity contribution < 1.29 is 15.0 Å². The summed E-state index contributed by atoms with van der Waals surface area (Å²) >= 11 is 0. The topological polar surface area (TPSA) is 69.6 Å². The van der Waals surface area contributed by atoms with Crippen LogP contribution in [0.2, 0.25) is 0 Å². The van der Waals surface area contributed by atoms with E-state index in [1.54, 1.807) is 6.08 Å². The molecule has 0 saturated carbocycles. The first-order valence-corrected chi connectivity index (χ1v) is 18.0. The van der Waals surface area contributed by atoms with Crippen LogP contribution in [-0.4, -0.2) is 34.9 Å². The molecule has 0 aliphatic rings. The van der Waals surface area contributed by atoms with Crippen LogP contribution in [0, 0.1) is 0 Å². The molecule has 4 nitrogen and oxygen atoms in total. The summed E-state index contributed by atoms with van der Waals surface area (Å²) in [4.78, 5) is 12.3. The van der Waals surface area contributed by atoms with E-state index < -0.39 is 12.1 Å². The molecule has 0 aromatic rings. The summed E-state index contributed by atoms with van der Waals surface area (Å²) in [6.07, 6.45) is 47.4. The van der Waals surface area contributed by atoms with Crippen molar-refractivity contribution >= 4 is 5.91 Å². The average molecular weight is 600 g/mol. The fourth-order valence-corrected chi connectivity index (χ4v) is 4.93. The predicted molar refractivity (Wildman–Crippen MR) is 188 cm³/mol. The maximum atomic E-state index is 12.3. The van der Waals surface area contributed by atoms with E-state index in [4.69, 9.17) is 0 Å². The highest BCUT2D eigenvalue weighted by Crippen LogP contribution is 2.11. The van der Waals surface area contributed by atoms with Gasteiger partial charge in [-0.3, -0.25) is 4.79 Å². The highest BCUT2D eigenvalue weighted by atomic mass is 16.3. The number of amides is 1. The van der Waals surface area contributed by atoms with Crippen molar-refractivity contribution in [1.82, 2.24) is 5.32 Å². The Bertz CT molecular complexity index is 737. The van der Waals surface area contributed by atoms with Gasteiger partial charge in [0.15, 0.2) is 0 Å². The van der Waals surface area contributed by atoms with Gasteiger partial charge in [0.25, 0.3) is 0 Å². The molecule has 0 aromatic carbocycles. The Morgan fingerprint density at radius 3 is 1.42 bits per heavy atom. The fraction of sp³-hybridized carbons (Fsp3) is 0.718. The maximum absolute atomic E-state index is 12.3. The molecule has 248 valence electrons. The third-order valence-electron chi connectivity index (χ3n) is 7.75. The van der Waals surface area contributed by atoms with Crippen molar-refractivity contribution in [3.8, 4) is 0 Å². The molecule has 2 atom stereocenters. The number of allylic oxidation sites excluding steroid dienone is 9. The van der Waals surface area contributed by atoms with Crippen LogP contribution < -0.4 is 5.32 Å². The summed E-state index contributed by atoms with van der Waals surface area (Å²) in [5.41, 5.74) is 0. The van der Waals surface area contributed by atoms with Crippen LogP contribution in [0.25, 0.3) is 0 Å². The largest absolute Gasteiger partial charge is 0.394 e. The number of unbranched alkanes of at least 4 members (excludes halogenated alkanes) is 16. The Balaban J connectivity index is 3.77. The van der Waals surface area contributed by atoms with E-state index in [9.17, 15) is 15.0 Å². The van der Waals surface area contributed by atoms with Crippen LogP contribution in [0.4, 0.5) is 0 Å². The second-order valence-corrected chi connectivity index (χ2v) is 11.9. The fourth-order valence-electron chi connectivity index (χ4n) is 4.93. The van der Waals surface area contributed by atoms with E-state index in [2.05, 4.69) is 67.8 Å². The van der Waals surface area contributed by atoms with E-state index in [1.165, 1.54) is 96.3 Å². The zero-order valence-electron chi connectivity index (χ0n) is 28.2. The number of nitrogens with one attached hydrogen (secondary N) is 1. The molecule has 0 unspecified atom stereocenters. The molecule has 0 rings (SSSR count). The van der Waals surface area contributed by atoms with Crippen molar-refractivity contribution in [1.29, 1.82) is 0 Å². The molecule has 3 N–H and O–H groups in total. The van der Waals surface area contributed by atoms with Gasteiger partial charge in [0, 0.05) is 6.42 Å².